The number of rotatable bonds is 6. The molecule has 5 nitrogen and oxygen atoms in total. The Hall–Kier alpha value is -1.82. The summed E-state index contributed by atoms with van der Waals surface area (Å²) in [6, 6.07) is 8.10. The molecule has 4 rings (SSSR count). The van der Waals surface area contributed by atoms with E-state index in [0.717, 1.165) is 74.1 Å². The van der Waals surface area contributed by atoms with Crippen LogP contribution in [0.1, 0.15) is 40.2 Å². The molecule has 1 aromatic heterocycles. The van der Waals surface area contributed by atoms with Gasteiger partial charge in [-0.25, -0.2) is 0 Å². The molecule has 0 unspecified atom stereocenters. The van der Waals surface area contributed by atoms with Crippen molar-refractivity contribution in [2.75, 3.05) is 44.2 Å². The van der Waals surface area contributed by atoms with Gasteiger partial charge in [0.05, 0.1) is 12.6 Å². The minimum atomic E-state index is 0.217. The number of piperazine rings is 1. The van der Waals surface area contributed by atoms with Crippen LogP contribution in [0.5, 0.6) is 0 Å². The summed E-state index contributed by atoms with van der Waals surface area (Å²) in [7, 11) is 0. The van der Waals surface area contributed by atoms with Crippen LogP contribution >= 0.6 is 11.6 Å². The second-order valence-electron chi connectivity index (χ2n) is 8.65. The Labute approximate surface area is 184 Å². The van der Waals surface area contributed by atoms with E-state index in [9.17, 15) is 4.79 Å². The number of ketones is 1. The molecule has 1 atom stereocenters. The fourth-order valence-corrected chi connectivity index (χ4v) is 4.88. The molecule has 2 aromatic rings. The van der Waals surface area contributed by atoms with Gasteiger partial charge in [-0.1, -0.05) is 17.7 Å². The van der Waals surface area contributed by atoms with Crippen LogP contribution in [0.25, 0.3) is 0 Å². The summed E-state index contributed by atoms with van der Waals surface area (Å²) < 4.78 is 8.05. The number of aryl methyl sites for hydroxylation is 2. The second-order valence-corrected chi connectivity index (χ2v) is 9.08. The fourth-order valence-electron chi connectivity index (χ4n) is 4.71. The zero-order chi connectivity index (χ0) is 21.3. The molecule has 0 saturated carbocycles. The summed E-state index contributed by atoms with van der Waals surface area (Å²) in [6.07, 6.45) is 2.52. The van der Waals surface area contributed by atoms with Gasteiger partial charge >= 0.3 is 0 Å². The number of carbonyl (C=O) groups excluding carboxylic acids is 1. The van der Waals surface area contributed by atoms with E-state index in [1.165, 1.54) is 11.3 Å². The highest BCUT2D eigenvalue weighted by Gasteiger charge is 2.24. The zero-order valence-electron chi connectivity index (χ0n) is 18.3. The number of carbonyl (C=O) groups is 1. The Bertz CT molecular complexity index is 909. The summed E-state index contributed by atoms with van der Waals surface area (Å²) >= 11 is 6.19. The van der Waals surface area contributed by atoms with Crippen LogP contribution in [-0.2, 0) is 11.3 Å². The molecule has 162 valence electrons. The number of hydrogen-bond donors (Lipinski definition) is 0. The number of nitrogens with zero attached hydrogens (tertiary/aromatic N) is 3. The Kier molecular flexibility index (Phi) is 6.51. The molecule has 0 N–H and O–H groups in total. The van der Waals surface area contributed by atoms with Gasteiger partial charge < -0.3 is 14.2 Å². The molecule has 0 amide bonds. The SMILES string of the molecule is Cc1ccc(Cl)cc1N1CCN(CC(=O)c2cc(C)n(C[C@@H]3CCCO3)c2C)CC1. The number of aromatic nitrogens is 1. The summed E-state index contributed by atoms with van der Waals surface area (Å²) in [4.78, 5) is 17.7. The number of hydrogen-bond acceptors (Lipinski definition) is 4. The summed E-state index contributed by atoms with van der Waals surface area (Å²) in [5, 5.41) is 0.770. The normalized spacial score (nSPS) is 20.1. The van der Waals surface area contributed by atoms with E-state index >= 15 is 0 Å². The molecule has 0 radical (unpaired) electrons. The van der Waals surface area contributed by atoms with Crippen LogP contribution in [0, 0.1) is 20.8 Å². The number of Topliss-reactive ketones (excluding diaryl/α,β-unsaturated/α-hetero) is 1. The lowest BCUT2D eigenvalue weighted by Gasteiger charge is -2.36. The topological polar surface area (TPSA) is 37.7 Å². The van der Waals surface area contributed by atoms with E-state index in [-0.39, 0.29) is 11.9 Å². The van der Waals surface area contributed by atoms with Crippen LogP contribution in [0.4, 0.5) is 5.69 Å². The molecular formula is C24H32ClN3O2. The average molecular weight is 430 g/mol. The first kappa shape index (κ1) is 21.4. The minimum absolute atomic E-state index is 0.217. The fraction of sp³-hybridized carbons (Fsp3) is 0.542. The molecule has 2 aliphatic rings. The van der Waals surface area contributed by atoms with Crippen LogP contribution < -0.4 is 4.90 Å². The predicted molar refractivity (Wildman–Crippen MR) is 122 cm³/mol. The summed E-state index contributed by atoms with van der Waals surface area (Å²) in [5.41, 5.74) is 5.51. The lowest BCUT2D eigenvalue weighted by molar-refractivity contribution is 0.0918. The first-order chi connectivity index (χ1) is 14.4. The lowest BCUT2D eigenvalue weighted by Crippen LogP contribution is -2.48. The van der Waals surface area contributed by atoms with Crippen molar-refractivity contribution in [2.45, 2.75) is 46.3 Å². The van der Waals surface area contributed by atoms with Crippen molar-refractivity contribution in [1.82, 2.24) is 9.47 Å². The van der Waals surface area contributed by atoms with Gasteiger partial charge in [-0.05, 0) is 57.4 Å². The van der Waals surface area contributed by atoms with Crippen LogP contribution in [-0.4, -0.2) is 60.7 Å². The van der Waals surface area contributed by atoms with Gasteiger partial charge in [0.25, 0.3) is 0 Å². The smallest absolute Gasteiger partial charge is 0.178 e. The summed E-state index contributed by atoms with van der Waals surface area (Å²) in [6.45, 7) is 12.0. The Morgan fingerprint density at radius 1 is 1.13 bits per heavy atom. The minimum Gasteiger partial charge on any atom is -0.376 e. The molecule has 6 heteroatoms. The van der Waals surface area contributed by atoms with E-state index in [2.05, 4.69) is 47.3 Å². The van der Waals surface area contributed by atoms with E-state index in [0.29, 0.717) is 6.54 Å². The zero-order valence-corrected chi connectivity index (χ0v) is 19.0. The van der Waals surface area contributed by atoms with Gasteiger partial charge in [-0.2, -0.15) is 0 Å². The highest BCUT2D eigenvalue weighted by Crippen LogP contribution is 2.26. The van der Waals surface area contributed by atoms with Gasteiger partial charge in [-0.3, -0.25) is 9.69 Å². The molecule has 30 heavy (non-hydrogen) atoms. The lowest BCUT2D eigenvalue weighted by atomic mass is 10.1. The predicted octanol–water partition coefficient (Wildman–Crippen LogP) is 4.25. The van der Waals surface area contributed by atoms with Crippen molar-refractivity contribution < 1.29 is 9.53 Å². The first-order valence-electron chi connectivity index (χ1n) is 11.0. The average Bonchev–Trinajstić information content (AvgIpc) is 3.34. The van der Waals surface area contributed by atoms with E-state index < -0.39 is 0 Å². The quantitative estimate of drug-likeness (QED) is 0.643. The van der Waals surface area contributed by atoms with Crippen molar-refractivity contribution in [2.24, 2.45) is 0 Å². The maximum Gasteiger partial charge on any atom is 0.178 e. The maximum atomic E-state index is 13.1. The molecule has 1 aromatic carbocycles. The Morgan fingerprint density at radius 3 is 2.60 bits per heavy atom. The van der Waals surface area contributed by atoms with Gasteiger partial charge in [-0.15, -0.1) is 0 Å². The molecule has 0 aliphatic carbocycles. The molecule has 2 saturated heterocycles. The van der Waals surface area contributed by atoms with Crippen LogP contribution in [0.3, 0.4) is 0 Å². The van der Waals surface area contributed by atoms with Gasteiger partial charge in [0.15, 0.2) is 5.78 Å². The number of benzene rings is 1. The second kappa shape index (κ2) is 9.13. The van der Waals surface area contributed by atoms with Crippen molar-refractivity contribution in [3.05, 3.63) is 51.8 Å². The molecule has 0 spiro atoms. The number of halogens is 1. The maximum absolute atomic E-state index is 13.1. The Balaban J connectivity index is 1.36. The molecule has 3 heterocycles. The Morgan fingerprint density at radius 2 is 1.90 bits per heavy atom. The monoisotopic (exact) mass is 429 g/mol. The number of anilines is 1. The molecular weight excluding hydrogens is 398 g/mol. The van der Waals surface area contributed by atoms with Crippen molar-refractivity contribution in [3.8, 4) is 0 Å². The van der Waals surface area contributed by atoms with Crippen LogP contribution in [0.15, 0.2) is 24.3 Å². The van der Waals surface area contributed by atoms with Gasteiger partial charge in [0.1, 0.15) is 0 Å². The van der Waals surface area contributed by atoms with Gasteiger partial charge in [0, 0.05) is 67.0 Å². The van der Waals surface area contributed by atoms with E-state index in [1.54, 1.807) is 0 Å². The third-order valence-corrected chi connectivity index (χ3v) is 6.77. The highest BCUT2D eigenvalue weighted by molar-refractivity contribution is 6.30. The van der Waals surface area contributed by atoms with E-state index in [4.69, 9.17) is 16.3 Å². The standard InChI is InChI=1S/C24H32ClN3O2/c1-17-6-7-20(25)14-23(17)27-10-8-26(9-11-27)16-24(29)22-13-18(2)28(19(22)3)15-21-5-4-12-30-21/h6-7,13-14,21H,4-5,8-12,15-16H2,1-3H3/t21-/m0/s1. The first-order valence-corrected chi connectivity index (χ1v) is 11.3. The molecule has 2 fully saturated rings. The molecule has 0 bridgehead atoms. The van der Waals surface area contributed by atoms with Crippen molar-refractivity contribution in [3.63, 3.8) is 0 Å². The van der Waals surface area contributed by atoms with Gasteiger partial charge in [0.2, 0.25) is 0 Å². The van der Waals surface area contributed by atoms with Crippen LogP contribution in [0.2, 0.25) is 5.02 Å². The third-order valence-electron chi connectivity index (χ3n) is 6.54. The van der Waals surface area contributed by atoms with Crippen molar-refractivity contribution in [1.29, 1.82) is 0 Å². The number of ether oxygens (including phenoxy) is 1. The largest absolute Gasteiger partial charge is 0.376 e. The van der Waals surface area contributed by atoms with E-state index in [1.807, 2.05) is 12.1 Å². The molecule has 2 aliphatic heterocycles. The van der Waals surface area contributed by atoms with Crippen molar-refractivity contribution >= 4 is 23.1 Å². The summed E-state index contributed by atoms with van der Waals surface area (Å²) in [5.74, 6) is 0.217. The third kappa shape index (κ3) is 4.58. The highest BCUT2D eigenvalue weighted by atomic mass is 35.5.